The van der Waals surface area contributed by atoms with E-state index in [2.05, 4.69) is 14.8 Å². The summed E-state index contributed by atoms with van der Waals surface area (Å²) in [4.78, 5) is 8.65. The molecule has 2 rings (SSSR count). The van der Waals surface area contributed by atoms with Crippen molar-refractivity contribution < 1.29 is 4.74 Å². The molecule has 0 spiro atoms. The van der Waals surface area contributed by atoms with Gasteiger partial charge < -0.3 is 20.3 Å². The van der Waals surface area contributed by atoms with Crippen molar-refractivity contribution in [1.29, 1.82) is 0 Å². The first-order chi connectivity index (χ1) is 10.1. The number of aliphatic imine (C=N–C) groups is 1. The number of hydrogen-bond acceptors (Lipinski definition) is 3. The number of nitrogens with zero attached hydrogens (tertiary/aromatic N) is 3. The van der Waals surface area contributed by atoms with E-state index in [-0.39, 0.29) is 24.0 Å². The SMILES string of the molecule is CN(C)CCOc1ccccc1CN=C(N)N(C)C1CC1.I. The quantitative estimate of drug-likeness (QED) is 0.419. The minimum atomic E-state index is 0. The topological polar surface area (TPSA) is 54.1 Å². The Kier molecular flexibility index (Phi) is 7.95. The van der Waals surface area contributed by atoms with Crippen LogP contribution in [0, 0.1) is 0 Å². The van der Waals surface area contributed by atoms with Gasteiger partial charge in [0, 0.05) is 25.2 Å². The highest BCUT2D eigenvalue weighted by atomic mass is 127. The maximum atomic E-state index is 6.02. The zero-order valence-electron chi connectivity index (χ0n) is 13.7. The highest BCUT2D eigenvalue weighted by Crippen LogP contribution is 2.25. The monoisotopic (exact) mass is 418 g/mol. The van der Waals surface area contributed by atoms with E-state index in [0.29, 0.717) is 25.2 Å². The zero-order chi connectivity index (χ0) is 15.2. The minimum Gasteiger partial charge on any atom is -0.492 e. The Bertz CT molecular complexity index is 489. The lowest BCUT2D eigenvalue weighted by molar-refractivity contribution is 0.259. The van der Waals surface area contributed by atoms with Gasteiger partial charge in [-0.25, -0.2) is 4.99 Å². The molecule has 1 fully saturated rings. The summed E-state index contributed by atoms with van der Waals surface area (Å²) in [5, 5.41) is 0. The molecule has 0 atom stereocenters. The second-order valence-corrected chi connectivity index (χ2v) is 5.78. The normalized spacial score (nSPS) is 14.6. The van der Waals surface area contributed by atoms with Crippen molar-refractivity contribution in [1.82, 2.24) is 9.80 Å². The summed E-state index contributed by atoms with van der Waals surface area (Å²) in [6.45, 7) is 2.12. The molecular formula is C16H27IN4O. The molecule has 0 radical (unpaired) electrons. The molecule has 1 aromatic rings. The number of rotatable bonds is 7. The molecule has 2 N–H and O–H groups in total. The molecule has 0 amide bonds. The van der Waals surface area contributed by atoms with Crippen LogP contribution in [0.15, 0.2) is 29.3 Å². The van der Waals surface area contributed by atoms with Gasteiger partial charge in [-0.15, -0.1) is 24.0 Å². The summed E-state index contributed by atoms with van der Waals surface area (Å²) in [5.41, 5.74) is 7.10. The lowest BCUT2D eigenvalue weighted by Gasteiger charge is -2.17. The molecule has 0 bridgehead atoms. The molecule has 0 aromatic heterocycles. The van der Waals surface area contributed by atoms with Crippen LogP contribution in [0.3, 0.4) is 0 Å². The third kappa shape index (κ3) is 6.00. The smallest absolute Gasteiger partial charge is 0.191 e. The summed E-state index contributed by atoms with van der Waals surface area (Å²) in [5.74, 6) is 1.51. The van der Waals surface area contributed by atoms with E-state index in [1.54, 1.807) is 0 Å². The lowest BCUT2D eigenvalue weighted by atomic mass is 10.2. The van der Waals surface area contributed by atoms with Gasteiger partial charge in [0.1, 0.15) is 12.4 Å². The van der Waals surface area contributed by atoms with Crippen molar-refractivity contribution in [2.24, 2.45) is 10.7 Å². The van der Waals surface area contributed by atoms with Gasteiger partial charge in [-0.05, 0) is 33.0 Å². The van der Waals surface area contributed by atoms with Gasteiger partial charge in [0.25, 0.3) is 0 Å². The van der Waals surface area contributed by atoms with Gasteiger partial charge in [0.05, 0.1) is 6.54 Å². The standard InChI is InChI=1S/C16H26N4O.HI/c1-19(2)10-11-21-15-7-5-4-6-13(15)12-18-16(17)20(3)14-8-9-14;/h4-7,14H,8-12H2,1-3H3,(H2,17,18);1H. The number of guanidine groups is 1. The first-order valence-electron chi connectivity index (χ1n) is 7.46. The fourth-order valence-corrected chi connectivity index (χ4v) is 2.04. The molecule has 1 saturated carbocycles. The number of para-hydroxylation sites is 1. The second-order valence-electron chi connectivity index (χ2n) is 5.78. The van der Waals surface area contributed by atoms with Crippen molar-refractivity contribution >= 4 is 29.9 Å². The average Bonchev–Trinajstić information content (AvgIpc) is 3.29. The fourth-order valence-electron chi connectivity index (χ4n) is 2.04. The van der Waals surface area contributed by atoms with Gasteiger partial charge in [0.15, 0.2) is 5.96 Å². The summed E-state index contributed by atoms with van der Waals surface area (Å²) in [7, 11) is 6.08. The molecule has 0 heterocycles. The first kappa shape index (κ1) is 19.0. The van der Waals surface area contributed by atoms with Crippen LogP contribution in [0.2, 0.25) is 0 Å². The van der Waals surface area contributed by atoms with E-state index >= 15 is 0 Å². The summed E-state index contributed by atoms with van der Waals surface area (Å²) < 4.78 is 5.84. The van der Waals surface area contributed by atoms with Gasteiger partial charge in [0.2, 0.25) is 0 Å². The molecule has 1 aliphatic carbocycles. The predicted octanol–water partition coefficient (Wildman–Crippen LogP) is 2.15. The van der Waals surface area contributed by atoms with E-state index in [4.69, 9.17) is 10.5 Å². The summed E-state index contributed by atoms with van der Waals surface area (Å²) in [6, 6.07) is 8.60. The van der Waals surface area contributed by atoms with E-state index in [0.717, 1.165) is 17.9 Å². The fraction of sp³-hybridized carbons (Fsp3) is 0.562. The van der Waals surface area contributed by atoms with Crippen LogP contribution in [-0.4, -0.2) is 56.1 Å². The summed E-state index contributed by atoms with van der Waals surface area (Å²) in [6.07, 6.45) is 2.44. The highest BCUT2D eigenvalue weighted by Gasteiger charge is 2.27. The van der Waals surface area contributed by atoms with Crippen LogP contribution in [0.5, 0.6) is 5.75 Å². The molecule has 0 saturated heterocycles. The van der Waals surface area contributed by atoms with Crippen molar-refractivity contribution in [2.75, 3.05) is 34.3 Å². The van der Waals surface area contributed by atoms with Crippen molar-refractivity contribution in [3.63, 3.8) is 0 Å². The van der Waals surface area contributed by atoms with Crippen LogP contribution in [-0.2, 0) is 6.54 Å². The molecule has 22 heavy (non-hydrogen) atoms. The van der Waals surface area contributed by atoms with Crippen LogP contribution in [0.1, 0.15) is 18.4 Å². The van der Waals surface area contributed by atoms with Crippen LogP contribution in [0.4, 0.5) is 0 Å². The molecule has 1 aromatic carbocycles. The molecule has 0 aliphatic heterocycles. The third-order valence-electron chi connectivity index (χ3n) is 3.64. The lowest BCUT2D eigenvalue weighted by Crippen LogP contribution is -2.35. The summed E-state index contributed by atoms with van der Waals surface area (Å²) >= 11 is 0. The number of hydrogen-bond donors (Lipinski definition) is 1. The Balaban J connectivity index is 0.00000242. The Morgan fingerprint density at radius 1 is 1.27 bits per heavy atom. The Morgan fingerprint density at radius 3 is 2.59 bits per heavy atom. The van der Waals surface area contributed by atoms with Crippen LogP contribution >= 0.6 is 24.0 Å². The molecule has 0 unspecified atom stereocenters. The third-order valence-corrected chi connectivity index (χ3v) is 3.64. The van der Waals surface area contributed by atoms with Gasteiger partial charge >= 0.3 is 0 Å². The maximum Gasteiger partial charge on any atom is 0.191 e. The Labute approximate surface area is 150 Å². The van der Waals surface area contributed by atoms with E-state index < -0.39 is 0 Å². The Hall–Kier alpha value is -1.02. The molecular weight excluding hydrogens is 391 g/mol. The zero-order valence-corrected chi connectivity index (χ0v) is 16.0. The van der Waals surface area contributed by atoms with Crippen molar-refractivity contribution in [3.8, 4) is 5.75 Å². The highest BCUT2D eigenvalue weighted by molar-refractivity contribution is 14.0. The van der Waals surface area contributed by atoms with E-state index in [1.165, 1.54) is 12.8 Å². The van der Waals surface area contributed by atoms with Gasteiger partial charge in [-0.1, -0.05) is 18.2 Å². The van der Waals surface area contributed by atoms with Crippen molar-refractivity contribution in [2.45, 2.75) is 25.4 Å². The second kappa shape index (κ2) is 9.19. The number of ether oxygens (including phenoxy) is 1. The Morgan fingerprint density at radius 2 is 1.95 bits per heavy atom. The number of halogens is 1. The van der Waals surface area contributed by atoms with E-state index in [9.17, 15) is 0 Å². The van der Waals surface area contributed by atoms with Crippen LogP contribution < -0.4 is 10.5 Å². The maximum absolute atomic E-state index is 6.02. The number of likely N-dealkylation sites (N-methyl/N-ethyl adjacent to an activating group) is 1. The van der Waals surface area contributed by atoms with Crippen LogP contribution in [0.25, 0.3) is 0 Å². The average molecular weight is 418 g/mol. The number of benzene rings is 1. The minimum absolute atomic E-state index is 0. The molecule has 6 heteroatoms. The van der Waals surface area contributed by atoms with Gasteiger partial charge in [-0.2, -0.15) is 0 Å². The molecule has 1 aliphatic rings. The largest absolute Gasteiger partial charge is 0.492 e. The van der Waals surface area contributed by atoms with E-state index in [1.807, 2.05) is 45.4 Å². The molecule has 124 valence electrons. The number of nitrogens with two attached hydrogens (primary N) is 1. The van der Waals surface area contributed by atoms with Gasteiger partial charge in [-0.3, -0.25) is 0 Å². The predicted molar refractivity (Wildman–Crippen MR) is 102 cm³/mol. The first-order valence-corrected chi connectivity index (χ1v) is 7.46. The molecule has 5 nitrogen and oxygen atoms in total. The van der Waals surface area contributed by atoms with Crippen molar-refractivity contribution in [3.05, 3.63) is 29.8 Å².